The van der Waals surface area contributed by atoms with Crippen molar-refractivity contribution < 1.29 is 19.4 Å². The molecule has 1 saturated carbocycles. The van der Waals surface area contributed by atoms with Crippen LogP contribution in [0.25, 0.3) is 22.3 Å². The normalized spacial score (nSPS) is 15.4. The van der Waals surface area contributed by atoms with Crippen molar-refractivity contribution in [1.29, 1.82) is 0 Å². The van der Waals surface area contributed by atoms with Crippen molar-refractivity contribution in [2.24, 2.45) is 0 Å². The third-order valence-corrected chi connectivity index (χ3v) is 5.20. The van der Waals surface area contributed by atoms with Crippen molar-refractivity contribution in [3.8, 4) is 11.3 Å². The highest BCUT2D eigenvalue weighted by Crippen LogP contribution is 2.29. The highest BCUT2D eigenvalue weighted by atomic mass is 19.4. The van der Waals surface area contributed by atoms with Crippen LogP contribution in [-0.2, 0) is 0 Å². The number of H-pyrrole nitrogens is 2. The predicted molar refractivity (Wildman–Crippen MR) is 99.8 cm³/mol. The van der Waals surface area contributed by atoms with Gasteiger partial charge in [0.2, 0.25) is 0 Å². The van der Waals surface area contributed by atoms with E-state index in [9.17, 15) is 18.0 Å². The van der Waals surface area contributed by atoms with E-state index in [0.29, 0.717) is 16.9 Å². The molecule has 3 aromatic heterocycles. The first-order valence-electron chi connectivity index (χ1n) is 9.27. The Labute approximate surface area is 160 Å². The molecular formula is C19H22F3N5O. The first-order valence-corrected chi connectivity index (χ1v) is 9.27. The highest BCUT2D eigenvalue weighted by molar-refractivity contribution is 5.96. The number of fused-ring (bicyclic) bond motifs is 1. The zero-order valence-corrected chi connectivity index (χ0v) is 15.1. The van der Waals surface area contributed by atoms with Crippen LogP contribution in [-0.4, -0.2) is 49.5 Å². The number of aromatic nitrogens is 4. The summed E-state index contributed by atoms with van der Waals surface area (Å²) in [5, 5.41) is 0.810. The molecule has 1 fully saturated rings. The summed E-state index contributed by atoms with van der Waals surface area (Å²) in [5.74, 6) is -0.401. The Morgan fingerprint density at radius 2 is 2.04 bits per heavy atom. The standard InChI is InChI=1S/C19H20F3N5O.H2/c20-19(21,22)6-8-27(13-3-1-2-4-13)18(28)15-9-12(10-24-15)16-14-5-7-23-17(14)26-11-25-16;/h5,7,9-11,13,24H,1-4,6,8H2,(H,23,25,26);1H. The van der Waals surface area contributed by atoms with Gasteiger partial charge in [0.05, 0.1) is 12.1 Å². The van der Waals surface area contributed by atoms with Crippen molar-refractivity contribution >= 4 is 16.9 Å². The fourth-order valence-electron chi connectivity index (χ4n) is 3.82. The van der Waals surface area contributed by atoms with Gasteiger partial charge in [0, 0.05) is 37.4 Å². The summed E-state index contributed by atoms with van der Waals surface area (Å²) in [5.41, 5.74) is 2.30. The molecule has 150 valence electrons. The smallest absolute Gasteiger partial charge is 0.357 e. The second kappa shape index (κ2) is 7.29. The maximum absolute atomic E-state index is 13.0. The molecule has 9 heteroatoms. The maximum atomic E-state index is 13.0. The largest absolute Gasteiger partial charge is 0.390 e. The molecule has 0 radical (unpaired) electrons. The molecule has 0 aromatic carbocycles. The molecule has 0 saturated heterocycles. The number of aromatic amines is 2. The molecule has 1 aliphatic rings. The van der Waals surface area contributed by atoms with E-state index in [-0.39, 0.29) is 19.7 Å². The van der Waals surface area contributed by atoms with Crippen LogP contribution in [0.1, 0.15) is 44.0 Å². The molecule has 28 heavy (non-hydrogen) atoms. The lowest BCUT2D eigenvalue weighted by molar-refractivity contribution is -0.137. The van der Waals surface area contributed by atoms with Crippen LogP contribution >= 0.6 is 0 Å². The molecule has 0 aliphatic heterocycles. The lowest BCUT2D eigenvalue weighted by Gasteiger charge is -2.29. The molecule has 0 bridgehead atoms. The van der Waals surface area contributed by atoms with E-state index in [1.807, 2.05) is 6.07 Å². The minimum absolute atomic E-state index is 0. The molecule has 4 rings (SSSR count). The summed E-state index contributed by atoms with van der Waals surface area (Å²) in [7, 11) is 0. The molecule has 0 spiro atoms. The summed E-state index contributed by atoms with van der Waals surface area (Å²) >= 11 is 0. The molecule has 0 atom stereocenters. The molecule has 6 nitrogen and oxygen atoms in total. The Morgan fingerprint density at radius 3 is 2.79 bits per heavy atom. The minimum Gasteiger partial charge on any atom is -0.357 e. The number of carbonyl (C=O) groups excluding carboxylic acids is 1. The van der Waals surface area contributed by atoms with E-state index < -0.39 is 18.5 Å². The zero-order chi connectivity index (χ0) is 19.7. The monoisotopic (exact) mass is 393 g/mol. The predicted octanol–water partition coefficient (Wildman–Crippen LogP) is 4.54. The van der Waals surface area contributed by atoms with Gasteiger partial charge in [0.25, 0.3) is 5.91 Å². The Hall–Kier alpha value is -2.84. The second-order valence-corrected chi connectivity index (χ2v) is 7.07. The zero-order valence-electron chi connectivity index (χ0n) is 15.1. The Balaban J connectivity index is 0.00000240. The SMILES string of the molecule is O=C(c1cc(-c2ncnc3[nH]ccc23)c[nH]1)N(CCC(F)(F)F)C1CCCC1.[HH]. The average molecular weight is 393 g/mol. The molecule has 3 heterocycles. The van der Waals surface area contributed by atoms with Crippen molar-refractivity contribution in [2.75, 3.05) is 6.54 Å². The summed E-state index contributed by atoms with van der Waals surface area (Å²) in [6.45, 7) is -0.323. The van der Waals surface area contributed by atoms with Crippen LogP contribution in [0.3, 0.4) is 0 Å². The van der Waals surface area contributed by atoms with Gasteiger partial charge in [-0.25, -0.2) is 9.97 Å². The van der Waals surface area contributed by atoms with Crippen LogP contribution in [0, 0.1) is 0 Å². The lowest BCUT2D eigenvalue weighted by Crippen LogP contribution is -2.41. The van der Waals surface area contributed by atoms with Gasteiger partial charge >= 0.3 is 6.18 Å². The first-order chi connectivity index (χ1) is 13.4. The summed E-state index contributed by atoms with van der Waals surface area (Å²) in [6.07, 6.45) is 2.89. The van der Waals surface area contributed by atoms with E-state index in [1.54, 1.807) is 18.5 Å². The number of nitrogens with zero attached hydrogens (tertiary/aromatic N) is 3. The second-order valence-electron chi connectivity index (χ2n) is 7.07. The van der Waals surface area contributed by atoms with Crippen molar-refractivity contribution in [3.05, 3.63) is 36.5 Å². The average Bonchev–Trinajstić information content (AvgIpc) is 3.40. The lowest BCUT2D eigenvalue weighted by atomic mass is 10.1. The topological polar surface area (TPSA) is 77.7 Å². The fraction of sp³-hybridized carbons (Fsp3) is 0.421. The van der Waals surface area contributed by atoms with Gasteiger partial charge in [-0.1, -0.05) is 12.8 Å². The van der Waals surface area contributed by atoms with Crippen LogP contribution in [0.2, 0.25) is 0 Å². The number of amides is 1. The fourth-order valence-corrected chi connectivity index (χ4v) is 3.82. The number of alkyl halides is 3. The summed E-state index contributed by atoms with van der Waals surface area (Å²) < 4.78 is 38.2. The van der Waals surface area contributed by atoms with Gasteiger partial charge in [0.1, 0.15) is 17.7 Å². The summed E-state index contributed by atoms with van der Waals surface area (Å²) in [4.78, 5) is 28.7. The summed E-state index contributed by atoms with van der Waals surface area (Å²) in [6, 6.07) is 3.34. The van der Waals surface area contributed by atoms with Gasteiger partial charge in [-0.3, -0.25) is 4.79 Å². The molecule has 2 N–H and O–H groups in total. The Morgan fingerprint density at radius 1 is 1.25 bits per heavy atom. The quantitative estimate of drug-likeness (QED) is 0.668. The van der Waals surface area contributed by atoms with E-state index in [4.69, 9.17) is 0 Å². The van der Waals surface area contributed by atoms with Crippen molar-refractivity contribution in [3.63, 3.8) is 0 Å². The molecular weight excluding hydrogens is 371 g/mol. The Kier molecular flexibility index (Phi) is 4.82. The van der Waals surface area contributed by atoms with Crippen LogP contribution in [0.5, 0.6) is 0 Å². The van der Waals surface area contributed by atoms with Gasteiger partial charge in [-0.15, -0.1) is 0 Å². The molecule has 0 unspecified atom stereocenters. The number of hydrogen-bond acceptors (Lipinski definition) is 3. The Bertz CT molecular complexity index is 978. The molecule has 1 aliphatic carbocycles. The number of carbonyl (C=O) groups is 1. The van der Waals surface area contributed by atoms with Gasteiger partial charge in [-0.2, -0.15) is 13.2 Å². The number of nitrogens with one attached hydrogen (secondary N) is 2. The van der Waals surface area contributed by atoms with Gasteiger partial charge < -0.3 is 14.9 Å². The van der Waals surface area contributed by atoms with E-state index in [0.717, 1.165) is 31.1 Å². The van der Waals surface area contributed by atoms with Crippen molar-refractivity contribution in [1.82, 2.24) is 24.8 Å². The third kappa shape index (κ3) is 3.74. The van der Waals surface area contributed by atoms with E-state index in [2.05, 4.69) is 19.9 Å². The highest BCUT2D eigenvalue weighted by Gasteiger charge is 2.33. The van der Waals surface area contributed by atoms with Gasteiger partial charge in [-0.05, 0) is 25.0 Å². The number of rotatable bonds is 5. The number of hydrogen-bond donors (Lipinski definition) is 2. The van der Waals surface area contributed by atoms with Crippen LogP contribution in [0.15, 0.2) is 30.9 Å². The third-order valence-electron chi connectivity index (χ3n) is 5.20. The minimum atomic E-state index is -4.29. The number of halogens is 3. The van der Waals surface area contributed by atoms with Gasteiger partial charge in [0.15, 0.2) is 0 Å². The van der Waals surface area contributed by atoms with Crippen LogP contribution in [0.4, 0.5) is 13.2 Å². The maximum Gasteiger partial charge on any atom is 0.390 e. The van der Waals surface area contributed by atoms with Crippen LogP contribution < -0.4 is 0 Å². The van der Waals surface area contributed by atoms with E-state index in [1.165, 1.54) is 11.2 Å². The first kappa shape index (κ1) is 18.5. The van der Waals surface area contributed by atoms with Crippen molar-refractivity contribution in [2.45, 2.75) is 44.3 Å². The molecule has 3 aromatic rings. The van der Waals surface area contributed by atoms with E-state index >= 15 is 0 Å². The molecule has 1 amide bonds.